The first-order valence-electron chi connectivity index (χ1n) is 4.69. The Morgan fingerprint density at radius 2 is 2.20 bits per heavy atom. The normalized spacial score (nSPS) is 16.5. The average molecular weight is 244 g/mol. The molecule has 0 atom stereocenters. The second-order valence-corrected chi connectivity index (χ2v) is 5.29. The van der Waals surface area contributed by atoms with Crippen molar-refractivity contribution in [3.63, 3.8) is 0 Å². The smallest absolute Gasteiger partial charge is 0.230 e. The number of likely N-dealkylation sites (tertiary alicyclic amines) is 1. The van der Waals surface area contributed by atoms with Crippen LogP contribution in [0.15, 0.2) is 12.1 Å². The van der Waals surface area contributed by atoms with Gasteiger partial charge in [-0.05, 0) is 18.6 Å². The van der Waals surface area contributed by atoms with E-state index in [0.717, 1.165) is 15.6 Å². The Balaban J connectivity index is 1.88. The summed E-state index contributed by atoms with van der Waals surface area (Å²) in [6.07, 6.45) is 0.849. The number of halogens is 1. The molecule has 2 rings (SSSR count). The van der Waals surface area contributed by atoms with Gasteiger partial charge >= 0.3 is 0 Å². The topological polar surface area (TPSA) is 37.4 Å². The lowest BCUT2D eigenvalue weighted by molar-refractivity contribution is -0.127. The highest BCUT2D eigenvalue weighted by Crippen LogP contribution is 2.22. The maximum atomic E-state index is 11.3. The lowest BCUT2D eigenvalue weighted by Crippen LogP contribution is -2.27. The molecule has 0 N–H and O–H groups in total. The second-order valence-electron chi connectivity index (χ2n) is 3.49. The minimum Gasteiger partial charge on any atom is -0.335 e. The van der Waals surface area contributed by atoms with Crippen LogP contribution in [-0.2, 0) is 16.0 Å². The molecule has 0 saturated carbocycles. The monoisotopic (exact) mass is 243 g/mol. The molecular weight excluding hydrogens is 234 g/mol. The van der Waals surface area contributed by atoms with Crippen molar-refractivity contribution in [3.05, 3.63) is 21.3 Å². The highest BCUT2D eigenvalue weighted by Gasteiger charge is 2.26. The van der Waals surface area contributed by atoms with Crippen molar-refractivity contribution in [2.45, 2.75) is 12.8 Å². The van der Waals surface area contributed by atoms with Gasteiger partial charge in [0.05, 0.1) is 17.3 Å². The Morgan fingerprint density at radius 1 is 1.40 bits per heavy atom. The zero-order valence-corrected chi connectivity index (χ0v) is 9.61. The van der Waals surface area contributed by atoms with Crippen LogP contribution < -0.4 is 0 Å². The Morgan fingerprint density at radius 3 is 2.73 bits per heavy atom. The van der Waals surface area contributed by atoms with E-state index in [2.05, 4.69) is 0 Å². The molecule has 80 valence electrons. The van der Waals surface area contributed by atoms with Crippen LogP contribution in [0.4, 0.5) is 0 Å². The fourth-order valence-corrected chi connectivity index (χ4v) is 2.65. The summed E-state index contributed by atoms with van der Waals surface area (Å²) < 4.78 is 0.758. The molecule has 0 aromatic carbocycles. The van der Waals surface area contributed by atoms with Crippen molar-refractivity contribution in [1.82, 2.24) is 4.90 Å². The van der Waals surface area contributed by atoms with E-state index >= 15 is 0 Å². The molecule has 0 radical (unpaired) electrons. The molecule has 0 bridgehead atoms. The third-order valence-electron chi connectivity index (χ3n) is 2.33. The quantitative estimate of drug-likeness (QED) is 0.759. The lowest BCUT2D eigenvalue weighted by atomic mass is 10.3. The van der Waals surface area contributed by atoms with E-state index < -0.39 is 0 Å². The van der Waals surface area contributed by atoms with Crippen molar-refractivity contribution >= 4 is 34.6 Å². The molecule has 1 aliphatic heterocycles. The first-order chi connectivity index (χ1) is 7.15. The summed E-state index contributed by atoms with van der Waals surface area (Å²) in [6, 6.07) is 3.80. The van der Waals surface area contributed by atoms with Gasteiger partial charge in [-0.15, -0.1) is 11.3 Å². The van der Waals surface area contributed by atoms with Gasteiger partial charge in [-0.1, -0.05) is 11.6 Å². The van der Waals surface area contributed by atoms with Crippen molar-refractivity contribution < 1.29 is 9.59 Å². The number of amides is 1. The maximum absolute atomic E-state index is 11.3. The third kappa shape index (κ3) is 2.58. The fourth-order valence-electron chi connectivity index (χ4n) is 1.57. The van der Waals surface area contributed by atoms with Crippen molar-refractivity contribution in [2.75, 3.05) is 13.1 Å². The first kappa shape index (κ1) is 10.6. The van der Waals surface area contributed by atoms with Gasteiger partial charge in [-0.25, -0.2) is 0 Å². The molecule has 2 heterocycles. The van der Waals surface area contributed by atoms with E-state index in [0.29, 0.717) is 6.54 Å². The van der Waals surface area contributed by atoms with Gasteiger partial charge in [0.2, 0.25) is 5.91 Å². The zero-order chi connectivity index (χ0) is 10.8. The van der Waals surface area contributed by atoms with Crippen LogP contribution in [0, 0.1) is 0 Å². The fraction of sp³-hybridized carbons (Fsp3) is 0.400. The first-order valence-corrected chi connectivity index (χ1v) is 5.88. The highest BCUT2D eigenvalue weighted by molar-refractivity contribution is 7.16. The maximum Gasteiger partial charge on any atom is 0.230 e. The molecule has 5 heteroatoms. The second kappa shape index (κ2) is 4.33. The number of carbonyl (C=O) groups is 2. The molecular formula is C10H10ClNO2S. The van der Waals surface area contributed by atoms with Crippen LogP contribution in [0.25, 0.3) is 0 Å². The van der Waals surface area contributed by atoms with Crippen molar-refractivity contribution in [1.29, 1.82) is 0 Å². The molecule has 1 aromatic rings. The molecule has 15 heavy (non-hydrogen) atoms. The Hall–Kier alpha value is -0.870. The minimum absolute atomic E-state index is 0.0178. The van der Waals surface area contributed by atoms with E-state index in [1.807, 2.05) is 12.1 Å². The van der Waals surface area contributed by atoms with Crippen molar-refractivity contribution in [2.24, 2.45) is 0 Å². The molecule has 1 amide bonds. The van der Waals surface area contributed by atoms with E-state index in [9.17, 15) is 9.59 Å². The van der Waals surface area contributed by atoms with E-state index in [1.165, 1.54) is 11.3 Å². The minimum atomic E-state index is -0.0531. The Labute approximate surface area is 96.6 Å². The van der Waals surface area contributed by atoms with Gasteiger partial charge < -0.3 is 4.90 Å². The van der Waals surface area contributed by atoms with E-state index in [-0.39, 0.29) is 24.7 Å². The van der Waals surface area contributed by atoms with E-state index in [1.54, 1.807) is 4.90 Å². The standard InChI is InChI=1S/C10H10ClNO2S/c11-9-2-1-8(15-9)3-4-12-6-7(13)5-10(12)14/h1-2H,3-6H2. The molecule has 1 saturated heterocycles. The molecule has 1 aliphatic rings. The van der Waals surface area contributed by atoms with Gasteiger partial charge in [0, 0.05) is 11.4 Å². The highest BCUT2D eigenvalue weighted by atomic mass is 35.5. The number of Topliss-reactive ketones (excluding diaryl/α,β-unsaturated/α-hetero) is 1. The number of ketones is 1. The van der Waals surface area contributed by atoms with Crippen LogP contribution in [0.1, 0.15) is 11.3 Å². The van der Waals surface area contributed by atoms with Gasteiger partial charge in [0.25, 0.3) is 0 Å². The summed E-state index contributed by atoms with van der Waals surface area (Å²) in [5.74, 6) is -0.0353. The number of rotatable bonds is 3. The van der Waals surface area contributed by atoms with Gasteiger partial charge in [-0.2, -0.15) is 0 Å². The van der Waals surface area contributed by atoms with Gasteiger partial charge in [0.1, 0.15) is 0 Å². The molecule has 0 unspecified atom stereocenters. The van der Waals surface area contributed by atoms with Gasteiger partial charge in [0.15, 0.2) is 5.78 Å². The Kier molecular flexibility index (Phi) is 3.07. The SMILES string of the molecule is O=C1CC(=O)N(CCc2ccc(Cl)s2)C1. The van der Waals surface area contributed by atoms with Crippen LogP contribution in [0.5, 0.6) is 0 Å². The number of carbonyl (C=O) groups excluding carboxylic acids is 2. The molecule has 0 spiro atoms. The van der Waals surface area contributed by atoms with Crippen LogP contribution in [0.2, 0.25) is 4.34 Å². The predicted molar refractivity (Wildman–Crippen MR) is 59.2 cm³/mol. The Bertz CT molecular complexity index is 402. The van der Waals surface area contributed by atoms with Crippen LogP contribution in [0.3, 0.4) is 0 Å². The lowest BCUT2D eigenvalue weighted by Gasteiger charge is -2.12. The third-order valence-corrected chi connectivity index (χ3v) is 3.62. The summed E-state index contributed by atoms with van der Waals surface area (Å²) in [5.41, 5.74) is 0. The van der Waals surface area contributed by atoms with Gasteiger partial charge in [-0.3, -0.25) is 9.59 Å². The molecule has 3 nitrogen and oxygen atoms in total. The van der Waals surface area contributed by atoms with Crippen molar-refractivity contribution in [3.8, 4) is 0 Å². The summed E-state index contributed by atoms with van der Waals surface area (Å²) in [5, 5.41) is 0. The zero-order valence-electron chi connectivity index (χ0n) is 8.03. The molecule has 1 fully saturated rings. The molecule has 1 aromatic heterocycles. The largest absolute Gasteiger partial charge is 0.335 e. The van der Waals surface area contributed by atoms with Crippen LogP contribution >= 0.6 is 22.9 Å². The van der Waals surface area contributed by atoms with E-state index in [4.69, 9.17) is 11.6 Å². The number of thiophene rings is 1. The number of hydrogen-bond donors (Lipinski definition) is 0. The number of hydrogen-bond acceptors (Lipinski definition) is 3. The summed E-state index contributed by atoms with van der Waals surface area (Å²) in [6.45, 7) is 0.888. The summed E-state index contributed by atoms with van der Waals surface area (Å²) >= 11 is 7.31. The average Bonchev–Trinajstić information content (AvgIpc) is 2.70. The summed E-state index contributed by atoms with van der Waals surface area (Å²) in [4.78, 5) is 25.0. The molecule has 0 aliphatic carbocycles. The predicted octanol–water partition coefficient (Wildman–Crippen LogP) is 1.75. The summed E-state index contributed by atoms with van der Waals surface area (Å²) in [7, 11) is 0. The van der Waals surface area contributed by atoms with Crippen LogP contribution in [-0.4, -0.2) is 29.7 Å². The number of nitrogens with zero attached hydrogens (tertiary/aromatic N) is 1.